The lowest BCUT2D eigenvalue weighted by molar-refractivity contribution is -0.745. The molecule has 43 heteroatoms. The van der Waals surface area contributed by atoms with E-state index in [9.17, 15) is 62.7 Å². The van der Waals surface area contributed by atoms with E-state index in [-0.39, 0.29) is 57.8 Å². The number of hydrogen-bond acceptors (Lipinski definition) is 29. The van der Waals surface area contributed by atoms with E-state index in [1.54, 1.807) is 0 Å². The number of nitrogens with two attached hydrogens (primary N) is 3. The second-order valence-electron chi connectivity index (χ2n) is 16.8. The SMILES string of the molecule is COC[C@H]1[C@@H](O)[C@H]([n+]2cn(C)c3c(=O)[nH]c(N)nc32)O[C@@H]1COP(=O)(O)OP(=O)(O)OP(=O)(O)OC[C@H]1O[C@@H](n2cnc3c(N)ncnc32)[C@H](F)[C@@H]1OP(=O)([O-])OC[C@H]1O[C@@H](n2cnc3c(=O)[nH]c(N)nc32)[C@H](O)[C@@H]1O. The summed E-state index contributed by atoms with van der Waals surface area (Å²) in [6.07, 6.45) is -16.0. The third-order valence-electron chi connectivity index (χ3n) is 11.8. The summed E-state index contributed by atoms with van der Waals surface area (Å²) in [5.74, 6) is -1.86. The van der Waals surface area contributed by atoms with Crippen LogP contribution < -0.4 is 37.8 Å². The van der Waals surface area contributed by atoms with E-state index in [4.69, 9.17) is 54.2 Å². The molecule has 0 amide bonds. The number of nitrogens with zero attached hydrogens (tertiary/aromatic N) is 10. The molecule has 3 aliphatic rings. The third kappa shape index (κ3) is 11.1. The van der Waals surface area contributed by atoms with Crippen molar-refractivity contribution in [1.29, 1.82) is 0 Å². The molecule has 0 aromatic carbocycles. The molecule has 3 saturated heterocycles. The Kier molecular flexibility index (Phi) is 15.3. The highest BCUT2D eigenvalue weighted by atomic mass is 31.3. The molecule has 3 fully saturated rings. The minimum absolute atomic E-state index is 0.0208. The summed E-state index contributed by atoms with van der Waals surface area (Å²) in [6.45, 7) is -3.83. The molecule has 0 radical (unpaired) electrons. The van der Waals surface area contributed by atoms with Crippen molar-refractivity contribution in [3.63, 3.8) is 0 Å². The maximum Gasteiger partial charge on any atom is 0.490 e. The molecule has 416 valence electrons. The molecule has 38 nitrogen and oxygen atoms in total. The first-order valence-corrected chi connectivity index (χ1v) is 27.5. The number of fused-ring (bicyclic) bond motifs is 3. The van der Waals surface area contributed by atoms with Crippen molar-refractivity contribution in [2.24, 2.45) is 13.0 Å². The van der Waals surface area contributed by atoms with Gasteiger partial charge in [-0.15, -0.1) is 0 Å². The van der Waals surface area contributed by atoms with Gasteiger partial charge in [-0.25, -0.2) is 42.6 Å². The van der Waals surface area contributed by atoms with E-state index >= 15 is 4.39 Å². The second-order valence-corrected chi connectivity index (χ2v) is 22.8. The maximum absolute atomic E-state index is 16.5. The fourth-order valence-corrected chi connectivity index (χ4v) is 13.0. The fourth-order valence-electron chi connectivity index (χ4n) is 8.50. The Hall–Kier alpha value is -5.18. The number of phosphoric acid groups is 4. The molecule has 3 aliphatic heterocycles. The van der Waals surface area contributed by atoms with Gasteiger partial charge in [0.05, 0.1) is 52.2 Å². The van der Waals surface area contributed by atoms with Crippen LogP contribution in [0, 0.1) is 5.92 Å². The Balaban J connectivity index is 0.858. The normalized spacial score (nSPS) is 30.2. The Labute approximate surface area is 420 Å². The predicted octanol–water partition coefficient (Wildman–Crippen LogP) is -4.12. The number of phosphoric ester groups is 3. The number of nitrogen functional groups attached to an aromatic ring is 3. The first-order valence-electron chi connectivity index (χ1n) is 21.6. The molecule has 9 rings (SSSR count). The largest absolute Gasteiger partial charge is 0.756 e. The van der Waals surface area contributed by atoms with Gasteiger partial charge in [-0.2, -0.15) is 13.6 Å². The lowest BCUT2D eigenvalue weighted by atomic mass is 9.99. The van der Waals surface area contributed by atoms with Crippen LogP contribution in [0.1, 0.15) is 18.7 Å². The van der Waals surface area contributed by atoms with Crippen LogP contribution in [0.5, 0.6) is 0 Å². The first kappa shape index (κ1) is 55.6. The van der Waals surface area contributed by atoms with Crippen LogP contribution >= 0.6 is 31.3 Å². The van der Waals surface area contributed by atoms with Crippen molar-refractivity contribution in [3.8, 4) is 0 Å². The molecule has 6 aromatic heterocycles. The minimum atomic E-state index is -6.23. The highest BCUT2D eigenvalue weighted by Gasteiger charge is 2.53. The number of aryl methyl sites for hydroxylation is 1. The second kappa shape index (κ2) is 20.9. The topological polar surface area (TPSA) is 545 Å². The average molecular weight is 1160 g/mol. The smallest absolute Gasteiger partial charge is 0.490 e. The van der Waals surface area contributed by atoms with Crippen molar-refractivity contribution in [2.75, 3.05) is 50.7 Å². The maximum atomic E-state index is 16.5. The van der Waals surface area contributed by atoms with E-state index in [1.807, 2.05) is 0 Å². The first-order chi connectivity index (χ1) is 35.7. The lowest BCUT2D eigenvalue weighted by Crippen LogP contribution is -2.45. The number of methoxy groups -OCH3 is 1. The summed E-state index contributed by atoms with van der Waals surface area (Å²) < 4.78 is 124. The van der Waals surface area contributed by atoms with E-state index in [2.05, 4.69) is 48.5 Å². The van der Waals surface area contributed by atoms with Crippen LogP contribution in [0.4, 0.5) is 22.1 Å². The molecule has 6 aromatic rings. The highest BCUT2D eigenvalue weighted by Crippen LogP contribution is 2.68. The van der Waals surface area contributed by atoms with Gasteiger partial charge >= 0.3 is 29.1 Å². The Bertz CT molecular complexity index is 3490. The van der Waals surface area contributed by atoms with Crippen molar-refractivity contribution in [2.45, 2.75) is 67.6 Å². The van der Waals surface area contributed by atoms with Gasteiger partial charge in [0.1, 0.15) is 48.5 Å². The van der Waals surface area contributed by atoms with Gasteiger partial charge in [0.2, 0.25) is 17.7 Å². The van der Waals surface area contributed by atoms with Crippen molar-refractivity contribution in [3.05, 3.63) is 46.0 Å². The van der Waals surface area contributed by atoms with Crippen LogP contribution in [0.3, 0.4) is 0 Å². The van der Waals surface area contributed by atoms with Crippen LogP contribution in [-0.4, -0.2) is 166 Å². The number of ether oxygens (including phenoxy) is 4. The Morgan fingerprint density at radius 1 is 0.750 bits per heavy atom. The monoisotopic (exact) mass is 1160 g/mol. The molecule has 0 spiro atoms. The zero-order valence-electron chi connectivity index (χ0n) is 38.6. The number of rotatable bonds is 20. The number of halogens is 1. The fraction of sp³-hybridized carbons (Fsp3) is 0.545. The van der Waals surface area contributed by atoms with Crippen molar-refractivity contribution < 1.29 is 108 Å². The summed E-state index contributed by atoms with van der Waals surface area (Å²) in [5, 5.41) is 32.8. The van der Waals surface area contributed by atoms with Gasteiger partial charge in [-0.3, -0.25) is 46.9 Å². The van der Waals surface area contributed by atoms with Crippen LogP contribution in [0.15, 0.2) is 34.9 Å². The third-order valence-corrected chi connectivity index (χ3v) is 17.0. The Morgan fingerprint density at radius 3 is 2.04 bits per heavy atom. The van der Waals surface area contributed by atoms with Gasteiger partial charge in [-0.1, -0.05) is 4.98 Å². The molecule has 4 unspecified atom stereocenters. The standard InChI is InChI=1S/C33H44FN15O23P4/c1-46-10-49(26-18(46)28(54)45-33(37)43-26)30-19(50)11(3-63-2)12(67-30)4-65-74(57,58)71-76(61,62)72-75(59,60)66-6-14-22(15(34)29(69-14)47-8-40-16-23(35)38-7-39-24(16)47)70-73(55,56)64-5-13-20(51)21(52)31(68-13)48-9-41-17-25(48)42-32(36)44-27(17)53/h7-15,19-22,29-31,50-52H,3-6H2,1-2H3,(H11-,35,36,37,38,39,42,43,44,45,53,54,55,56,57,58,59,60,61,62)/t11-,12-,13-,14-,15-,19-,20-,21-,22-,29-,30-,31-/m1/s1. The number of aromatic nitrogens is 12. The molecule has 76 heavy (non-hydrogen) atoms. The Morgan fingerprint density at radius 2 is 1.36 bits per heavy atom. The molecular weight excluding hydrogens is 1120 g/mol. The number of nitrogens with one attached hydrogen (secondary N) is 2. The van der Waals surface area contributed by atoms with Gasteiger partial charge in [0.25, 0.3) is 24.9 Å². The van der Waals surface area contributed by atoms with Crippen LogP contribution in [0.25, 0.3) is 33.5 Å². The van der Waals surface area contributed by atoms with E-state index in [1.165, 1.54) is 29.6 Å². The molecular formula is C33H44FN15O23P4. The number of H-pyrrole nitrogens is 2. The molecule has 0 aliphatic carbocycles. The number of aliphatic hydroxyl groups is 3. The van der Waals surface area contributed by atoms with Crippen LogP contribution in [0.2, 0.25) is 0 Å². The van der Waals surface area contributed by atoms with Crippen molar-refractivity contribution >= 4 is 82.5 Å². The van der Waals surface area contributed by atoms with Crippen LogP contribution in [-0.2, 0) is 71.0 Å². The molecule has 14 N–H and O–H groups in total. The number of aromatic amines is 2. The van der Waals surface area contributed by atoms with E-state index in [0.29, 0.717) is 0 Å². The number of anilines is 3. The average Bonchev–Trinajstić information content (AvgIpc) is 4.17. The van der Waals surface area contributed by atoms with Gasteiger partial charge in [0, 0.05) is 13.0 Å². The summed E-state index contributed by atoms with van der Waals surface area (Å²) in [7, 11) is -21.2. The summed E-state index contributed by atoms with van der Waals surface area (Å²) >= 11 is 0. The number of imidazole rings is 3. The quantitative estimate of drug-likeness (QED) is 0.0255. The number of aliphatic hydroxyl groups excluding tert-OH is 3. The number of alkyl halides is 1. The van der Waals surface area contributed by atoms with Gasteiger partial charge in [-0.05, 0) is 0 Å². The van der Waals surface area contributed by atoms with E-state index in [0.717, 1.165) is 28.1 Å². The van der Waals surface area contributed by atoms with Gasteiger partial charge in [0.15, 0.2) is 47.6 Å². The predicted molar refractivity (Wildman–Crippen MR) is 240 cm³/mol. The highest BCUT2D eigenvalue weighted by molar-refractivity contribution is 7.66. The molecule has 0 saturated carbocycles. The zero-order chi connectivity index (χ0) is 55.0. The molecule has 9 heterocycles. The summed E-state index contributed by atoms with van der Waals surface area (Å²) in [4.78, 5) is 97.8. The van der Waals surface area contributed by atoms with Crippen molar-refractivity contribution in [1.82, 2.24) is 53.6 Å². The zero-order valence-corrected chi connectivity index (χ0v) is 42.1. The summed E-state index contributed by atoms with van der Waals surface area (Å²) in [5.41, 5.74) is 15.1. The minimum Gasteiger partial charge on any atom is -0.756 e. The molecule has 0 bridgehead atoms. The lowest BCUT2D eigenvalue weighted by Gasteiger charge is -2.30. The molecule has 16 atom stereocenters. The van der Waals surface area contributed by atoms with E-state index < -0.39 is 136 Å². The summed E-state index contributed by atoms with van der Waals surface area (Å²) in [6, 6.07) is 0. The number of hydrogen-bond donors (Lipinski definition) is 11. The van der Waals surface area contributed by atoms with Gasteiger partial charge < -0.3 is 80.1 Å².